The van der Waals surface area contributed by atoms with E-state index in [4.69, 9.17) is 0 Å². The zero-order chi connectivity index (χ0) is 29.2. The molecule has 4 rings (SSSR count). The predicted octanol–water partition coefficient (Wildman–Crippen LogP) is 8.64. The van der Waals surface area contributed by atoms with Crippen molar-refractivity contribution in [3.8, 4) is 0 Å². The van der Waals surface area contributed by atoms with Gasteiger partial charge in [-0.2, -0.15) is 13.2 Å². The molecule has 0 saturated carbocycles. The Labute approximate surface area is 233 Å². The van der Waals surface area contributed by atoms with Crippen molar-refractivity contribution in [1.29, 1.82) is 0 Å². The minimum absolute atomic E-state index is 0.0830. The molecule has 5 heteroatoms. The van der Waals surface area contributed by atoms with Crippen LogP contribution in [0, 0.1) is 27.7 Å². The average Bonchev–Trinajstić information content (AvgIpc) is 2.91. The minimum atomic E-state index is -4.57. The lowest BCUT2D eigenvalue weighted by Crippen LogP contribution is -2.40. The molecule has 0 radical (unpaired) electrons. The molecule has 0 aliphatic heterocycles. The van der Waals surface area contributed by atoms with Crippen molar-refractivity contribution in [2.45, 2.75) is 59.1 Å². The first-order valence-electron chi connectivity index (χ1n) is 13.3. The monoisotopic (exact) mass is 542 g/mol. The Hall–Kier alpha value is -3.99. The molecule has 4 aromatic carbocycles. The van der Waals surface area contributed by atoms with Crippen LogP contribution in [0.5, 0.6) is 0 Å². The molecule has 0 spiro atoms. The third kappa shape index (κ3) is 5.94. The van der Waals surface area contributed by atoms with E-state index in [1.807, 2.05) is 52.0 Å². The van der Waals surface area contributed by atoms with E-state index in [-0.39, 0.29) is 35.5 Å². The van der Waals surface area contributed by atoms with Crippen molar-refractivity contribution in [2.75, 3.05) is 0 Å². The third-order valence-corrected chi connectivity index (χ3v) is 8.02. The molecule has 4 aromatic rings. The van der Waals surface area contributed by atoms with Crippen molar-refractivity contribution in [1.82, 2.24) is 0 Å². The number of alkyl halides is 3. The van der Waals surface area contributed by atoms with Gasteiger partial charge in [0.25, 0.3) is 0 Å². The topological polar surface area (TPSA) is 34.1 Å². The summed E-state index contributed by atoms with van der Waals surface area (Å²) in [4.78, 5) is 25.5. The van der Waals surface area contributed by atoms with Gasteiger partial charge in [-0.05, 0) is 91.3 Å². The van der Waals surface area contributed by atoms with Crippen molar-refractivity contribution < 1.29 is 22.8 Å². The fraction of sp³-hybridized carbons (Fsp3) is 0.257. The molecule has 2 nitrogen and oxygen atoms in total. The maximum absolute atomic E-state index is 14.6. The first-order valence-corrected chi connectivity index (χ1v) is 13.3. The molecule has 0 aliphatic rings. The van der Waals surface area contributed by atoms with Gasteiger partial charge in [-0.25, -0.2) is 0 Å². The van der Waals surface area contributed by atoms with Gasteiger partial charge >= 0.3 is 6.18 Å². The number of ketones is 2. The zero-order valence-electron chi connectivity index (χ0n) is 23.4. The summed E-state index contributed by atoms with van der Waals surface area (Å²) in [6, 6.07) is 23.2. The lowest BCUT2D eigenvalue weighted by atomic mass is 9.75. The molecule has 0 fully saturated rings. The first-order chi connectivity index (χ1) is 18.8. The number of hydrogen-bond donors (Lipinski definition) is 0. The summed E-state index contributed by atoms with van der Waals surface area (Å²) in [5.74, 6) is -0.166. The second kappa shape index (κ2) is 11.2. The minimum Gasteiger partial charge on any atom is -0.294 e. The molecule has 0 unspecified atom stereocenters. The summed E-state index contributed by atoms with van der Waals surface area (Å²) in [7, 11) is 0. The van der Waals surface area contributed by atoms with Crippen LogP contribution in [-0.4, -0.2) is 17.7 Å². The SMILES string of the molecule is Cc1ccc(C(=O)Cc2ccc(C(C)(c3ccc(CC(=O)c4ccc(C)c(C)c4)cc3)C(F)(F)F)cc2)cc1C. The van der Waals surface area contributed by atoms with Crippen LogP contribution in [-0.2, 0) is 18.3 Å². The van der Waals surface area contributed by atoms with E-state index in [0.29, 0.717) is 22.3 Å². The number of carbonyl (C=O) groups is 2. The summed E-state index contributed by atoms with van der Waals surface area (Å²) in [6.45, 7) is 8.98. The van der Waals surface area contributed by atoms with Crippen LogP contribution >= 0.6 is 0 Å². The second-order valence-electron chi connectivity index (χ2n) is 10.8. The van der Waals surface area contributed by atoms with Gasteiger partial charge < -0.3 is 0 Å². The molecule has 0 aromatic heterocycles. The van der Waals surface area contributed by atoms with Crippen LogP contribution in [0.25, 0.3) is 0 Å². The van der Waals surface area contributed by atoms with Crippen molar-refractivity contribution in [2.24, 2.45) is 0 Å². The molecular formula is C35H33F3O2. The molecule has 0 heterocycles. The van der Waals surface area contributed by atoms with Crippen LogP contribution in [0.3, 0.4) is 0 Å². The average molecular weight is 543 g/mol. The van der Waals surface area contributed by atoms with Gasteiger partial charge in [-0.3, -0.25) is 9.59 Å². The summed E-state index contributed by atoms with van der Waals surface area (Å²) in [5.41, 5.74) is 4.59. The maximum atomic E-state index is 14.6. The van der Waals surface area contributed by atoms with Gasteiger partial charge in [0, 0.05) is 24.0 Å². The van der Waals surface area contributed by atoms with Gasteiger partial charge in [-0.1, -0.05) is 72.8 Å². The van der Waals surface area contributed by atoms with E-state index < -0.39 is 11.6 Å². The summed E-state index contributed by atoms with van der Waals surface area (Å²) in [6.07, 6.45) is -4.36. The number of rotatable bonds is 8. The van der Waals surface area contributed by atoms with Gasteiger partial charge in [0.2, 0.25) is 0 Å². The summed E-state index contributed by atoms with van der Waals surface area (Å²) >= 11 is 0. The van der Waals surface area contributed by atoms with Crippen LogP contribution in [0.2, 0.25) is 0 Å². The molecule has 40 heavy (non-hydrogen) atoms. The van der Waals surface area contributed by atoms with Crippen LogP contribution in [0.15, 0.2) is 84.9 Å². The molecule has 0 bridgehead atoms. The highest BCUT2D eigenvalue weighted by molar-refractivity contribution is 5.98. The molecule has 0 N–H and O–H groups in total. The zero-order valence-corrected chi connectivity index (χ0v) is 23.4. The maximum Gasteiger partial charge on any atom is 0.402 e. The Morgan fingerprint density at radius 1 is 0.550 bits per heavy atom. The Kier molecular flexibility index (Phi) is 8.15. The lowest BCUT2D eigenvalue weighted by molar-refractivity contribution is -0.173. The van der Waals surface area contributed by atoms with E-state index in [1.165, 1.54) is 24.3 Å². The molecule has 0 aliphatic carbocycles. The highest BCUT2D eigenvalue weighted by Gasteiger charge is 2.53. The second-order valence-corrected chi connectivity index (χ2v) is 10.8. The molecule has 0 atom stereocenters. The van der Waals surface area contributed by atoms with E-state index in [0.717, 1.165) is 29.2 Å². The van der Waals surface area contributed by atoms with Gasteiger partial charge in [0.15, 0.2) is 11.6 Å². The highest BCUT2D eigenvalue weighted by atomic mass is 19.4. The number of hydrogen-bond acceptors (Lipinski definition) is 2. The summed E-state index contributed by atoms with van der Waals surface area (Å²) in [5, 5.41) is 0. The number of benzene rings is 4. The molecule has 0 saturated heterocycles. The molecule has 0 amide bonds. The standard InChI is InChI=1S/C35H33F3O2/c1-22-6-12-28(18-24(22)3)32(39)20-26-8-14-30(15-9-26)34(5,35(36,37)38)31-16-10-27(11-17-31)21-33(40)29-13-7-23(2)25(4)19-29/h6-19H,20-21H2,1-5H3. The highest BCUT2D eigenvalue weighted by Crippen LogP contribution is 2.46. The number of Topliss-reactive ketones (excluding diaryl/α,β-unsaturated/α-hetero) is 2. The van der Waals surface area contributed by atoms with Crippen molar-refractivity contribution >= 4 is 11.6 Å². The van der Waals surface area contributed by atoms with E-state index in [9.17, 15) is 22.8 Å². The lowest BCUT2D eigenvalue weighted by Gasteiger charge is -2.33. The predicted molar refractivity (Wildman–Crippen MR) is 153 cm³/mol. The Bertz CT molecular complexity index is 1440. The van der Waals surface area contributed by atoms with Crippen molar-refractivity contribution in [3.63, 3.8) is 0 Å². The quantitative estimate of drug-likeness (QED) is 0.209. The van der Waals surface area contributed by atoms with Crippen LogP contribution in [0.1, 0.15) is 72.1 Å². The fourth-order valence-electron chi connectivity index (χ4n) is 4.81. The van der Waals surface area contributed by atoms with E-state index in [1.54, 1.807) is 36.4 Å². The Morgan fingerprint density at radius 2 is 0.900 bits per heavy atom. The smallest absolute Gasteiger partial charge is 0.294 e. The molecule has 206 valence electrons. The fourth-order valence-corrected chi connectivity index (χ4v) is 4.81. The largest absolute Gasteiger partial charge is 0.402 e. The van der Waals surface area contributed by atoms with Gasteiger partial charge in [0.05, 0.1) is 0 Å². The third-order valence-electron chi connectivity index (χ3n) is 8.02. The van der Waals surface area contributed by atoms with E-state index >= 15 is 0 Å². The van der Waals surface area contributed by atoms with Crippen molar-refractivity contribution in [3.05, 3.63) is 141 Å². The summed E-state index contributed by atoms with van der Waals surface area (Å²) < 4.78 is 43.7. The van der Waals surface area contributed by atoms with Gasteiger partial charge in [0.1, 0.15) is 5.41 Å². The molecular weight excluding hydrogens is 509 g/mol. The Morgan fingerprint density at radius 3 is 1.20 bits per heavy atom. The van der Waals surface area contributed by atoms with Gasteiger partial charge in [-0.15, -0.1) is 0 Å². The van der Waals surface area contributed by atoms with Crippen LogP contribution in [0.4, 0.5) is 13.2 Å². The number of halogens is 3. The van der Waals surface area contributed by atoms with E-state index in [2.05, 4.69) is 0 Å². The first kappa shape index (κ1) is 29.0. The number of carbonyl (C=O) groups excluding carboxylic acids is 2. The van der Waals surface area contributed by atoms with Crippen LogP contribution < -0.4 is 0 Å². The Balaban J connectivity index is 1.54. The normalized spacial score (nSPS) is 11.9. The number of aryl methyl sites for hydroxylation is 4.